The van der Waals surface area contributed by atoms with Gasteiger partial charge < -0.3 is 15.6 Å². The summed E-state index contributed by atoms with van der Waals surface area (Å²) in [7, 11) is 0. The Labute approximate surface area is 119 Å². The summed E-state index contributed by atoms with van der Waals surface area (Å²) in [5, 5.41) is 2.74. The van der Waals surface area contributed by atoms with Gasteiger partial charge in [-0.05, 0) is 13.0 Å². The molecule has 2 aromatic rings. The van der Waals surface area contributed by atoms with Crippen LogP contribution in [0.25, 0.3) is 0 Å². The Hall–Kier alpha value is -1.79. The first kappa shape index (κ1) is 13.6. The SMILES string of the molecule is CCn1cc(N)cc1C(=O)Nc1c(Cl)ncnc1Cl. The number of carbonyl (C=O) groups is 1. The van der Waals surface area contributed by atoms with Crippen LogP contribution in [0.15, 0.2) is 18.6 Å². The first-order valence-electron chi connectivity index (χ1n) is 5.46. The third-order valence-electron chi connectivity index (χ3n) is 2.48. The van der Waals surface area contributed by atoms with E-state index in [1.807, 2.05) is 6.92 Å². The summed E-state index contributed by atoms with van der Waals surface area (Å²) in [5.41, 5.74) is 6.77. The number of carbonyl (C=O) groups excluding carboxylic acids is 1. The first-order valence-corrected chi connectivity index (χ1v) is 6.21. The van der Waals surface area contributed by atoms with Crippen LogP contribution in [-0.4, -0.2) is 20.4 Å². The molecule has 19 heavy (non-hydrogen) atoms. The Morgan fingerprint density at radius 1 is 1.42 bits per heavy atom. The van der Waals surface area contributed by atoms with Gasteiger partial charge >= 0.3 is 0 Å². The lowest BCUT2D eigenvalue weighted by Crippen LogP contribution is -2.17. The van der Waals surface area contributed by atoms with Crippen LogP contribution in [0, 0.1) is 0 Å². The molecule has 6 nitrogen and oxygen atoms in total. The maximum atomic E-state index is 12.2. The van der Waals surface area contributed by atoms with E-state index >= 15 is 0 Å². The highest BCUT2D eigenvalue weighted by molar-refractivity contribution is 6.38. The van der Waals surface area contributed by atoms with E-state index in [2.05, 4.69) is 15.3 Å². The van der Waals surface area contributed by atoms with Crippen LogP contribution in [0.5, 0.6) is 0 Å². The summed E-state index contributed by atoms with van der Waals surface area (Å²) in [6, 6.07) is 1.57. The van der Waals surface area contributed by atoms with E-state index < -0.39 is 0 Å². The fourth-order valence-corrected chi connectivity index (χ4v) is 2.02. The minimum atomic E-state index is -0.378. The van der Waals surface area contributed by atoms with Gasteiger partial charge in [0.2, 0.25) is 0 Å². The van der Waals surface area contributed by atoms with Crippen molar-refractivity contribution in [1.82, 2.24) is 14.5 Å². The Morgan fingerprint density at radius 3 is 2.63 bits per heavy atom. The van der Waals surface area contributed by atoms with Gasteiger partial charge in [0.1, 0.15) is 17.7 Å². The molecule has 0 aromatic carbocycles. The Morgan fingerprint density at radius 2 is 2.05 bits per heavy atom. The van der Waals surface area contributed by atoms with Gasteiger partial charge in [-0.1, -0.05) is 23.2 Å². The van der Waals surface area contributed by atoms with E-state index in [1.165, 1.54) is 6.33 Å². The molecule has 0 unspecified atom stereocenters. The number of nitrogens with zero attached hydrogens (tertiary/aromatic N) is 3. The molecule has 0 saturated heterocycles. The van der Waals surface area contributed by atoms with Gasteiger partial charge in [0, 0.05) is 12.7 Å². The number of nitrogen functional groups attached to an aromatic ring is 1. The van der Waals surface area contributed by atoms with Crippen LogP contribution >= 0.6 is 23.2 Å². The predicted octanol–water partition coefficient (Wildman–Crippen LogP) is 2.44. The molecule has 0 saturated carbocycles. The van der Waals surface area contributed by atoms with Crippen molar-refractivity contribution < 1.29 is 4.79 Å². The summed E-state index contributed by atoms with van der Waals surface area (Å²) in [4.78, 5) is 19.7. The molecule has 0 aliphatic carbocycles. The topological polar surface area (TPSA) is 85.8 Å². The summed E-state index contributed by atoms with van der Waals surface area (Å²) in [6.07, 6.45) is 2.90. The number of nitrogens with two attached hydrogens (primary N) is 1. The van der Waals surface area contributed by atoms with Crippen molar-refractivity contribution in [3.05, 3.63) is 34.6 Å². The van der Waals surface area contributed by atoms with E-state index in [4.69, 9.17) is 28.9 Å². The van der Waals surface area contributed by atoms with Gasteiger partial charge in [0.25, 0.3) is 5.91 Å². The van der Waals surface area contributed by atoms with Crippen molar-refractivity contribution >= 4 is 40.5 Å². The third kappa shape index (κ3) is 2.80. The predicted molar refractivity (Wildman–Crippen MR) is 74.5 cm³/mol. The molecule has 0 atom stereocenters. The van der Waals surface area contributed by atoms with Gasteiger partial charge in [-0.2, -0.15) is 0 Å². The molecule has 2 heterocycles. The molecule has 0 aliphatic heterocycles. The highest BCUT2D eigenvalue weighted by Gasteiger charge is 2.16. The molecule has 0 bridgehead atoms. The zero-order chi connectivity index (χ0) is 14.0. The number of aryl methyl sites for hydroxylation is 1. The maximum Gasteiger partial charge on any atom is 0.272 e. The summed E-state index contributed by atoms with van der Waals surface area (Å²) >= 11 is 11.7. The number of aromatic nitrogens is 3. The fourth-order valence-electron chi connectivity index (χ4n) is 1.61. The molecule has 8 heteroatoms. The lowest BCUT2D eigenvalue weighted by atomic mass is 10.3. The molecule has 3 N–H and O–H groups in total. The first-order chi connectivity index (χ1) is 9.02. The van der Waals surface area contributed by atoms with Gasteiger partial charge in [-0.15, -0.1) is 0 Å². The highest BCUT2D eigenvalue weighted by Crippen LogP contribution is 2.26. The lowest BCUT2D eigenvalue weighted by molar-refractivity contribution is 0.101. The second kappa shape index (κ2) is 5.46. The van der Waals surface area contributed by atoms with Crippen molar-refractivity contribution in [2.75, 3.05) is 11.1 Å². The number of hydrogen-bond donors (Lipinski definition) is 2. The Bertz CT molecular complexity index is 605. The molecular formula is C11H11Cl2N5O. The zero-order valence-electron chi connectivity index (χ0n) is 10.0. The molecule has 0 fully saturated rings. The number of nitrogens with one attached hydrogen (secondary N) is 1. The standard InChI is InChI=1S/C11H11Cl2N5O/c1-2-18-4-6(14)3-7(18)11(19)17-8-9(12)15-5-16-10(8)13/h3-5H,2,14H2,1H3,(H,17,19). The van der Waals surface area contributed by atoms with Gasteiger partial charge in [-0.3, -0.25) is 4.79 Å². The van der Waals surface area contributed by atoms with Crippen LogP contribution in [0.3, 0.4) is 0 Å². The number of rotatable bonds is 3. The van der Waals surface area contributed by atoms with Crippen molar-refractivity contribution in [3.8, 4) is 0 Å². The smallest absolute Gasteiger partial charge is 0.272 e. The normalized spacial score (nSPS) is 10.5. The second-order valence-corrected chi connectivity index (χ2v) is 4.45. The van der Waals surface area contributed by atoms with E-state index in [0.717, 1.165) is 0 Å². The molecule has 100 valence electrons. The van der Waals surface area contributed by atoms with E-state index in [-0.39, 0.29) is 21.9 Å². The summed E-state index contributed by atoms with van der Waals surface area (Å²) in [5.74, 6) is -0.378. The van der Waals surface area contributed by atoms with Gasteiger partial charge in [-0.25, -0.2) is 9.97 Å². The van der Waals surface area contributed by atoms with Crippen LogP contribution in [0.1, 0.15) is 17.4 Å². The molecule has 1 amide bonds. The molecule has 2 rings (SSSR count). The van der Waals surface area contributed by atoms with Crippen LogP contribution < -0.4 is 11.1 Å². The minimum absolute atomic E-state index is 0.0796. The maximum absolute atomic E-state index is 12.2. The van der Waals surface area contributed by atoms with Crippen molar-refractivity contribution in [1.29, 1.82) is 0 Å². The van der Waals surface area contributed by atoms with Gasteiger partial charge in [0.15, 0.2) is 10.3 Å². The number of amides is 1. The molecule has 2 aromatic heterocycles. The second-order valence-electron chi connectivity index (χ2n) is 3.73. The monoisotopic (exact) mass is 299 g/mol. The molecule has 0 radical (unpaired) electrons. The van der Waals surface area contributed by atoms with Crippen molar-refractivity contribution in [2.24, 2.45) is 0 Å². The van der Waals surface area contributed by atoms with E-state index in [0.29, 0.717) is 17.9 Å². The fraction of sp³-hybridized carbons (Fsp3) is 0.182. The quantitative estimate of drug-likeness (QED) is 0.852. The number of anilines is 2. The average molecular weight is 300 g/mol. The largest absolute Gasteiger partial charge is 0.397 e. The minimum Gasteiger partial charge on any atom is -0.397 e. The molecule has 0 spiro atoms. The van der Waals surface area contributed by atoms with E-state index in [1.54, 1.807) is 16.8 Å². The van der Waals surface area contributed by atoms with Crippen LogP contribution in [0.4, 0.5) is 11.4 Å². The highest BCUT2D eigenvalue weighted by atomic mass is 35.5. The summed E-state index contributed by atoms with van der Waals surface area (Å²) in [6.45, 7) is 2.52. The third-order valence-corrected chi connectivity index (χ3v) is 3.06. The van der Waals surface area contributed by atoms with Crippen LogP contribution in [-0.2, 0) is 6.54 Å². The Kier molecular flexibility index (Phi) is 3.92. The zero-order valence-corrected chi connectivity index (χ0v) is 11.5. The lowest BCUT2D eigenvalue weighted by Gasteiger charge is -2.09. The molecular weight excluding hydrogens is 289 g/mol. The van der Waals surface area contributed by atoms with Crippen molar-refractivity contribution in [3.63, 3.8) is 0 Å². The van der Waals surface area contributed by atoms with Crippen molar-refractivity contribution in [2.45, 2.75) is 13.5 Å². The van der Waals surface area contributed by atoms with Gasteiger partial charge in [0.05, 0.1) is 5.69 Å². The number of halogens is 2. The Balaban J connectivity index is 2.31. The molecule has 0 aliphatic rings. The number of hydrogen-bond acceptors (Lipinski definition) is 4. The van der Waals surface area contributed by atoms with Crippen LogP contribution in [0.2, 0.25) is 10.3 Å². The summed E-state index contributed by atoms with van der Waals surface area (Å²) < 4.78 is 1.72. The average Bonchev–Trinajstić information content (AvgIpc) is 2.75. The van der Waals surface area contributed by atoms with E-state index in [9.17, 15) is 4.79 Å².